The molecule has 0 aliphatic carbocycles. The van der Waals surface area contributed by atoms with Crippen LogP contribution >= 0.6 is 0 Å². The molecule has 0 bridgehead atoms. The third-order valence-corrected chi connectivity index (χ3v) is 6.73. The highest BCUT2D eigenvalue weighted by Crippen LogP contribution is 2.28. The standard InChI is InChI=1S/C26H28F2N4O4/c1-35-20-2-3-24-23(13-20)22(4-5-29-24)25(33)16-31-8-6-30(7-9-31)14-21-15-32(26(34)36-21)19-11-17(27)10-18(28)12-19/h2-5,10-13,21,25,33H,6-9,14-16H2,1H3/t21?,25-/m0/s1. The number of nitrogens with zero attached hydrogens (tertiary/aromatic N) is 4. The van der Waals surface area contributed by atoms with Gasteiger partial charge in [0, 0.05) is 56.9 Å². The normalized spacial score (nSPS) is 20.1. The van der Waals surface area contributed by atoms with Gasteiger partial charge in [0.1, 0.15) is 23.5 Å². The molecule has 5 rings (SSSR count). The van der Waals surface area contributed by atoms with E-state index >= 15 is 0 Å². The van der Waals surface area contributed by atoms with Crippen molar-refractivity contribution in [1.82, 2.24) is 14.8 Å². The molecule has 2 aliphatic heterocycles. The lowest BCUT2D eigenvalue weighted by Gasteiger charge is -2.36. The first-order valence-corrected chi connectivity index (χ1v) is 11.9. The minimum atomic E-state index is -0.738. The molecule has 36 heavy (non-hydrogen) atoms. The zero-order valence-electron chi connectivity index (χ0n) is 19.9. The van der Waals surface area contributed by atoms with Crippen molar-refractivity contribution in [1.29, 1.82) is 0 Å². The number of aliphatic hydroxyl groups is 1. The predicted octanol–water partition coefficient (Wildman–Crippen LogP) is 3.20. The van der Waals surface area contributed by atoms with Gasteiger partial charge in [-0.05, 0) is 42.0 Å². The number of halogens is 2. The van der Waals surface area contributed by atoms with Crippen LogP contribution < -0.4 is 9.64 Å². The number of amides is 1. The molecule has 1 N–H and O–H groups in total. The molecule has 1 unspecified atom stereocenters. The van der Waals surface area contributed by atoms with Crippen LogP contribution in [-0.4, -0.2) is 85.0 Å². The highest BCUT2D eigenvalue weighted by atomic mass is 19.1. The van der Waals surface area contributed by atoms with Crippen LogP contribution in [0.15, 0.2) is 48.7 Å². The van der Waals surface area contributed by atoms with Gasteiger partial charge in [0.2, 0.25) is 0 Å². The summed E-state index contributed by atoms with van der Waals surface area (Å²) in [4.78, 5) is 22.3. The quantitative estimate of drug-likeness (QED) is 0.536. The Hall–Kier alpha value is -3.34. The summed E-state index contributed by atoms with van der Waals surface area (Å²) in [5, 5.41) is 11.9. The minimum Gasteiger partial charge on any atom is -0.497 e. The molecule has 10 heteroatoms. The molecule has 0 radical (unpaired) electrons. The minimum absolute atomic E-state index is 0.153. The maximum Gasteiger partial charge on any atom is 0.414 e. The number of hydrogen-bond acceptors (Lipinski definition) is 7. The Balaban J connectivity index is 1.15. The molecule has 0 spiro atoms. The average molecular weight is 499 g/mol. The van der Waals surface area contributed by atoms with Crippen molar-refractivity contribution in [3.05, 3.63) is 65.9 Å². The van der Waals surface area contributed by atoms with Crippen molar-refractivity contribution in [3.8, 4) is 5.75 Å². The van der Waals surface area contributed by atoms with Crippen LogP contribution in [-0.2, 0) is 4.74 Å². The number of ether oxygens (including phenoxy) is 2. The smallest absolute Gasteiger partial charge is 0.414 e. The number of piperazine rings is 1. The summed E-state index contributed by atoms with van der Waals surface area (Å²) in [6, 6.07) is 10.5. The maximum absolute atomic E-state index is 13.6. The number of hydrogen-bond donors (Lipinski definition) is 1. The molecular formula is C26H28F2N4O4. The van der Waals surface area contributed by atoms with Gasteiger partial charge in [-0.1, -0.05) is 0 Å². The molecule has 190 valence electrons. The van der Waals surface area contributed by atoms with Gasteiger partial charge in [-0.3, -0.25) is 19.7 Å². The summed E-state index contributed by atoms with van der Waals surface area (Å²) in [6.07, 6.45) is 0.0349. The number of anilines is 1. The number of aromatic nitrogens is 1. The zero-order chi connectivity index (χ0) is 25.2. The lowest BCUT2D eigenvalue weighted by atomic mass is 10.0. The largest absolute Gasteiger partial charge is 0.497 e. The Morgan fingerprint density at radius 2 is 1.81 bits per heavy atom. The average Bonchev–Trinajstić information content (AvgIpc) is 3.23. The van der Waals surface area contributed by atoms with Gasteiger partial charge in [-0.25, -0.2) is 13.6 Å². The number of cyclic esters (lactones) is 1. The molecule has 2 fully saturated rings. The topological polar surface area (TPSA) is 78.4 Å². The monoisotopic (exact) mass is 498 g/mol. The van der Waals surface area contributed by atoms with E-state index < -0.39 is 23.8 Å². The van der Waals surface area contributed by atoms with Gasteiger partial charge in [0.05, 0.1) is 31.0 Å². The summed E-state index contributed by atoms with van der Waals surface area (Å²) in [5.74, 6) is -0.761. The lowest BCUT2D eigenvalue weighted by molar-refractivity contribution is 0.0525. The molecule has 3 heterocycles. The summed E-state index contributed by atoms with van der Waals surface area (Å²) in [7, 11) is 1.61. The molecular weight excluding hydrogens is 470 g/mol. The SMILES string of the molecule is COc1ccc2nccc([C@@H](O)CN3CCN(CC4CN(c5cc(F)cc(F)c5)C(=O)O4)CC3)c2c1. The van der Waals surface area contributed by atoms with E-state index in [0.29, 0.717) is 18.8 Å². The van der Waals surface area contributed by atoms with E-state index in [1.807, 2.05) is 24.3 Å². The van der Waals surface area contributed by atoms with Gasteiger partial charge < -0.3 is 14.6 Å². The summed E-state index contributed by atoms with van der Waals surface area (Å²) in [5.41, 5.74) is 1.77. The van der Waals surface area contributed by atoms with E-state index in [9.17, 15) is 18.7 Å². The molecule has 2 aliphatic rings. The van der Waals surface area contributed by atoms with Crippen LogP contribution in [0.5, 0.6) is 5.75 Å². The molecule has 2 aromatic carbocycles. The number of β-amino-alcohol motifs (C(OH)–C–C–N with tert-alkyl or cyclic N) is 1. The molecule has 0 saturated carbocycles. The van der Waals surface area contributed by atoms with Crippen LogP contribution in [0.1, 0.15) is 11.7 Å². The second-order valence-electron chi connectivity index (χ2n) is 9.14. The van der Waals surface area contributed by atoms with Gasteiger partial charge >= 0.3 is 6.09 Å². The summed E-state index contributed by atoms with van der Waals surface area (Å²) < 4.78 is 37.9. The fourth-order valence-corrected chi connectivity index (χ4v) is 4.87. The Kier molecular flexibility index (Phi) is 6.99. The third kappa shape index (κ3) is 5.25. The predicted molar refractivity (Wildman–Crippen MR) is 130 cm³/mol. The second kappa shape index (κ2) is 10.3. The first kappa shape index (κ1) is 24.4. The molecule has 2 atom stereocenters. The van der Waals surface area contributed by atoms with Crippen LogP contribution in [0.3, 0.4) is 0 Å². The van der Waals surface area contributed by atoms with Crippen molar-refractivity contribution in [3.63, 3.8) is 0 Å². The van der Waals surface area contributed by atoms with Crippen molar-refractivity contribution in [2.75, 3.05) is 57.8 Å². The lowest BCUT2D eigenvalue weighted by Crippen LogP contribution is -2.49. The Labute approximate surface area is 207 Å². The van der Waals surface area contributed by atoms with E-state index in [2.05, 4.69) is 14.8 Å². The number of fused-ring (bicyclic) bond motifs is 1. The first-order chi connectivity index (χ1) is 17.4. The Morgan fingerprint density at radius 1 is 1.08 bits per heavy atom. The molecule has 1 aromatic heterocycles. The number of aliphatic hydroxyl groups excluding tert-OH is 1. The van der Waals surface area contributed by atoms with Gasteiger partial charge in [0.15, 0.2) is 0 Å². The van der Waals surface area contributed by atoms with Crippen LogP contribution in [0.25, 0.3) is 10.9 Å². The molecule has 8 nitrogen and oxygen atoms in total. The third-order valence-electron chi connectivity index (χ3n) is 6.73. The zero-order valence-corrected chi connectivity index (χ0v) is 19.9. The van der Waals surface area contributed by atoms with E-state index in [0.717, 1.165) is 60.8 Å². The number of carbonyl (C=O) groups is 1. The van der Waals surface area contributed by atoms with Gasteiger partial charge in [-0.2, -0.15) is 0 Å². The highest BCUT2D eigenvalue weighted by Gasteiger charge is 2.34. The molecule has 2 saturated heterocycles. The number of pyridine rings is 1. The molecule has 1 amide bonds. The van der Waals surface area contributed by atoms with Crippen LogP contribution in [0.2, 0.25) is 0 Å². The summed E-state index contributed by atoms with van der Waals surface area (Å²) in [6.45, 7) is 4.26. The number of carbonyl (C=O) groups excluding carboxylic acids is 1. The second-order valence-corrected chi connectivity index (χ2v) is 9.14. The van der Waals surface area contributed by atoms with Crippen molar-refractivity contribution in [2.24, 2.45) is 0 Å². The number of rotatable bonds is 7. The van der Waals surface area contributed by atoms with Crippen LogP contribution in [0, 0.1) is 11.6 Å². The van der Waals surface area contributed by atoms with E-state index in [-0.39, 0.29) is 18.3 Å². The van der Waals surface area contributed by atoms with Crippen molar-refractivity contribution < 1.29 is 28.2 Å². The van der Waals surface area contributed by atoms with Gasteiger partial charge in [-0.15, -0.1) is 0 Å². The van der Waals surface area contributed by atoms with Gasteiger partial charge in [0.25, 0.3) is 0 Å². The van der Waals surface area contributed by atoms with Crippen molar-refractivity contribution in [2.45, 2.75) is 12.2 Å². The first-order valence-electron chi connectivity index (χ1n) is 11.9. The Morgan fingerprint density at radius 3 is 2.53 bits per heavy atom. The Bertz CT molecular complexity index is 1230. The fourth-order valence-electron chi connectivity index (χ4n) is 4.87. The van der Waals surface area contributed by atoms with Crippen LogP contribution in [0.4, 0.5) is 19.3 Å². The summed E-state index contributed by atoms with van der Waals surface area (Å²) >= 11 is 0. The fraction of sp³-hybridized carbons (Fsp3) is 0.385. The number of benzene rings is 2. The molecule has 3 aromatic rings. The van der Waals surface area contributed by atoms with E-state index in [1.165, 1.54) is 4.90 Å². The highest BCUT2D eigenvalue weighted by molar-refractivity contribution is 5.89. The van der Waals surface area contributed by atoms with Crippen molar-refractivity contribution >= 4 is 22.7 Å². The number of methoxy groups -OCH3 is 1. The van der Waals surface area contributed by atoms with E-state index in [4.69, 9.17) is 9.47 Å². The maximum atomic E-state index is 13.6. The van der Waals surface area contributed by atoms with E-state index in [1.54, 1.807) is 13.3 Å².